The average Bonchev–Trinajstić information content (AvgIpc) is 3.87. The number of non-ortho nitro benzene ring substituents is 1. The molecule has 4 aliphatic rings. The molecule has 356 valence electrons. The van der Waals surface area contributed by atoms with Gasteiger partial charge in [-0.1, -0.05) is 81.0 Å². The summed E-state index contributed by atoms with van der Waals surface area (Å²) in [6.07, 6.45) is 15.8. The monoisotopic (exact) mass is 923 g/mol. The Bertz CT molecular complexity index is 2110. The lowest BCUT2D eigenvalue weighted by Gasteiger charge is -2.60. The van der Waals surface area contributed by atoms with Crippen LogP contribution in [0.4, 0.5) is 5.69 Å². The normalized spacial score (nSPS) is 23.9. The number of amides is 1. The molecule has 3 aromatic carbocycles. The van der Waals surface area contributed by atoms with Crippen molar-refractivity contribution in [3.8, 4) is 11.5 Å². The van der Waals surface area contributed by atoms with Crippen LogP contribution in [0.15, 0.2) is 107 Å². The van der Waals surface area contributed by atoms with Crippen molar-refractivity contribution in [2.24, 2.45) is 28.8 Å². The van der Waals surface area contributed by atoms with Gasteiger partial charge in [-0.2, -0.15) is 0 Å². The number of thioether (sulfide) groups is 1. The van der Waals surface area contributed by atoms with Crippen LogP contribution in [0, 0.1) is 33.8 Å². The largest absolute Gasteiger partial charge is 0.493 e. The number of ether oxygens (including phenoxy) is 3. The van der Waals surface area contributed by atoms with E-state index in [1.807, 2.05) is 35.2 Å². The third-order valence-electron chi connectivity index (χ3n) is 14.0. The molecule has 0 unspecified atom stereocenters. The van der Waals surface area contributed by atoms with Crippen LogP contribution in [-0.4, -0.2) is 82.2 Å². The van der Waals surface area contributed by atoms with E-state index in [1.165, 1.54) is 29.9 Å². The minimum absolute atomic E-state index is 0.000981. The number of hydrogen-bond donors (Lipinski definition) is 2. The Morgan fingerprint density at radius 3 is 2.48 bits per heavy atom. The second-order valence-electron chi connectivity index (χ2n) is 18.3. The number of nitrogens with zero attached hydrogens (tertiary/aromatic N) is 3. The van der Waals surface area contributed by atoms with Crippen molar-refractivity contribution in [2.75, 3.05) is 38.7 Å². The Hall–Kier alpha value is -4.69. The molecule has 0 saturated heterocycles. The number of carbonyl (C=O) groups excluding carboxylic acids is 1. The predicted octanol–water partition coefficient (Wildman–Crippen LogP) is 10.8. The molecular weight excluding hydrogens is 855 g/mol. The maximum Gasteiger partial charge on any atom is 0.269 e. The molecule has 6 atom stereocenters. The smallest absolute Gasteiger partial charge is 0.269 e. The van der Waals surface area contributed by atoms with Crippen molar-refractivity contribution in [3.05, 3.63) is 118 Å². The maximum atomic E-state index is 14.8. The lowest BCUT2D eigenvalue weighted by atomic mass is 9.55. The number of allylic oxidation sites excluding steroid dienone is 1. The fourth-order valence-corrected chi connectivity index (χ4v) is 11.7. The average molecular weight is 924 g/mol. The Morgan fingerprint density at radius 1 is 1.02 bits per heavy atom. The first-order valence-electron chi connectivity index (χ1n) is 24.3. The van der Waals surface area contributed by atoms with Crippen LogP contribution in [0.5, 0.6) is 11.5 Å². The topological polar surface area (TPSA) is 153 Å². The maximum absolute atomic E-state index is 14.8. The summed E-state index contributed by atoms with van der Waals surface area (Å²) in [6.45, 7) is 7.68. The van der Waals surface area contributed by atoms with E-state index >= 15 is 0 Å². The van der Waals surface area contributed by atoms with E-state index in [0.717, 1.165) is 85.3 Å². The summed E-state index contributed by atoms with van der Waals surface area (Å²) in [5.74, 6) is 1.09. The number of unbranched alkanes of at least 4 members (excludes halogenated alkanes) is 2. The van der Waals surface area contributed by atoms with Gasteiger partial charge in [0.05, 0.1) is 29.8 Å². The van der Waals surface area contributed by atoms with Gasteiger partial charge in [-0.15, -0.1) is 18.3 Å². The quantitative estimate of drug-likeness (QED) is 0.0261. The second kappa shape index (κ2) is 24.4. The van der Waals surface area contributed by atoms with E-state index in [0.29, 0.717) is 50.5 Å². The summed E-state index contributed by atoms with van der Waals surface area (Å²) in [5, 5.41) is 36.3. The van der Waals surface area contributed by atoms with Gasteiger partial charge in [-0.3, -0.25) is 14.9 Å². The van der Waals surface area contributed by atoms with Gasteiger partial charge < -0.3 is 34.2 Å². The number of fused-ring (bicyclic) bond motifs is 2. The molecular formula is C53H69N3O9S. The van der Waals surface area contributed by atoms with Crippen LogP contribution >= 0.6 is 11.8 Å². The number of aliphatic hydroxyl groups excluding tert-OH is 2. The van der Waals surface area contributed by atoms with E-state index in [4.69, 9.17) is 24.2 Å². The summed E-state index contributed by atoms with van der Waals surface area (Å²) in [7, 11) is 0. The minimum Gasteiger partial charge on any atom is -0.493 e. The molecule has 0 spiro atoms. The van der Waals surface area contributed by atoms with Crippen LogP contribution in [0.25, 0.3) is 0 Å². The summed E-state index contributed by atoms with van der Waals surface area (Å²) in [5.41, 5.74) is 3.43. The van der Waals surface area contributed by atoms with E-state index in [1.54, 1.807) is 30.0 Å². The standard InChI is InChI=1S/C53H69N3O9S/c1-3-28-55(50(59)27-22-38-14-8-9-15-38)49-36-47(54-64-37-39-20-23-41(24-21-39)56(60)61)45-34-40(16-10-12-29-57)44(19-11-13-30-58)51-46-35-42(62-32-33-66-43-17-6-5-7-18-43)25-26-48(46)65-53(49,52(45)51)63-31-4-2/h4-7,17-18,20-21,23-26,34-35,38,40,44,49,51-52,57-58H,2-3,8-16,19,22,27-33,36-37H2,1H3/t40-,44+,49-,51+,52+,53+/m0/s1. The van der Waals surface area contributed by atoms with Crippen molar-refractivity contribution in [3.63, 3.8) is 0 Å². The van der Waals surface area contributed by atoms with Gasteiger partial charge in [0.2, 0.25) is 11.7 Å². The number of oxime groups is 1. The molecule has 3 aromatic rings. The van der Waals surface area contributed by atoms with Crippen LogP contribution in [0.1, 0.15) is 114 Å². The molecule has 0 radical (unpaired) electrons. The first-order chi connectivity index (χ1) is 32.3. The van der Waals surface area contributed by atoms with Crippen LogP contribution in [-0.2, 0) is 21.0 Å². The predicted molar refractivity (Wildman–Crippen MR) is 259 cm³/mol. The SMILES string of the molecule is C=CCO[C@@]12Oc3ccc(OCCSc4ccccc4)cc3[C@H]3[C@H](CCCCO)[C@@H](CCCCO)C=C(C(=NOCc4ccc([N+](=O)[O-])cc4)C[C@@H]1N(CCC)C(=O)CCC1CCCC1)[C@H]32. The molecule has 1 aliphatic heterocycles. The summed E-state index contributed by atoms with van der Waals surface area (Å²) in [4.78, 5) is 35.2. The molecule has 12 nitrogen and oxygen atoms in total. The Kier molecular flexibility index (Phi) is 18.2. The third-order valence-corrected chi connectivity index (χ3v) is 14.9. The second-order valence-corrected chi connectivity index (χ2v) is 19.4. The van der Waals surface area contributed by atoms with Gasteiger partial charge >= 0.3 is 0 Å². The minimum atomic E-state index is -1.33. The van der Waals surface area contributed by atoms with Crippen LogP contribution in [0.3, 0.4) is 0 Å². The molecule has 2 saturated carbocycles. The highest BCUT2D eigenvalue weighted by molar-refractivity contribution is 7.99. The molecule has 0 aromatic heterocycles. The van der Waals surface area contributed by atoms with Crippen molar-refractivity contribution in [2.45, 2.75) is 126 Å². The van der Waals surface area contributed by atoms with Crippen molar-refractivity contribution in [1.82, 2.24) is 4.90 Å². The van der Waals surface area contributed by atoms with Crippen molar-refractivity contribution < 1.29 is 39.0 Å². The highest BCUT2D eigenvalue weighted by Crippen LogP contribution is 2.62. The number of benzene rings is 3. The van der Waals surface area contributed by atoms with Crippen LogP contribution < -0.4 is 9.47 Å². The van der Waals surface area contributed by atoms with Gasteiger partial charge in [0.15, 0.2) is 0 Å². The molecule has 1 heterocycles. The van der Waals surface area contributed by atoms with E-state index in [2.05, 4.69) is 37.8 Å². The molecule has 66 heavy (non-hydrogen) atoms. The molecule has 2 N–H and O–H groups in total. The van der Waals surface area contributed by atoms with E-state index in [-0.39, 0.29) is 55.8 Å². The first kappa shape index (κ1) is 49.2. The summed E-state index contributed by atoms with van der Waals surface area (Å²) < 4.78 is 21.1. The third kappa shape index (κ3) is 11.9. The molecule has 13 heteroatoms. The lowest BCUT2D eigenvalue weighted by Crippen LogP contribution is -2.70. The number of aliphatic hydroxyl groups is 2. The lowest BCUT2D eigenvalue weighted by molar-refractivity contribution is -0.384. The van der Waals surface area contributed by atoms with Gasteiger partial charge in [0.1, 0.15) is 24.1 Å². The molecule has 7 rings (SSSR count). The zero-order valence-electron chi connectivity index (χ0n) is 38.6. The molecule has 2 fully saturated rings. The Labute approximate surface area is 395 Å². The van der Waals surface area contributed by atoms with Gasteiger partial charge in [0, 0.05) is 66.9 Å². The van der Waals surface area contributed by atoms with Crippen molar-refractivity contribution >= 4 is 29.1 Å². The molecule has 3 aliphatic carbocycles. The van der Waals surface area contributed by atoms with Gasteiger partial charge in [0.25, 0.3) is 5.69 Å². The highest BCUT2D eigenvalue weighted by atomic mass is 32.2. The zero-order chi connectivity index (χ0) is 46.3. The molecule has 0 bridgehead atoms. The number of hydrogen-bond acceptors (Lipinski definition) is 11. The van der Waals surface area contributed by atoms with Gasteiger partial charge in [-0.05, 0) is 110 Å². The fourth-order valence-electron chi connectivity index (χ4n) is 10.9. The Morgan fingerprint density at radius 2 is 1.77 bits per heavy atom. The molecule has 1 amide bonds. The number of rotatable bonds is 26. The van der Waals surface area contributed by atoms with E-state index < -0.39 is 22.7 Å². The zero-order valence-corrected chi connectivity index (χ0v) is 39.4. The number of nitro benzene ring substituents is 1. The Balaban J connectivity index is 1.34. The van der Waals surface area contributed by atoms with Gasteiger partial charge in [-0.25, -0.2) is 0 Å². The highest BCUT2D eigenvalue weighted by Gasteiger charge is 2.65. The van der Waals surface area contributed by atoms with Crippen LogP contribution in [0.2, 0.25) is 0 Å². The first-order valence-corrected chi connectivity index (χ1v) is 25.3. The summed E-state index contributed by atoms with van der Waals surface area (Å²) in [6, 6.07) is 22.1. The van der Waals surface area contributed by atoms with Crippen molar-refractivity contribution in [1.29, 1.82) is 0 Å². The summed E-state index contributed by atoms with van der Waals surface area (Å²) >= 11 is 1.75. The fraction of sp³-hybridized carbons (Fsp3) is 0.547. The number of carbonyl (C=O) groups is 1. The van der Waals surface area contributed by atoms with E-state index in [9.17, 15) is 25.1 Å². The number of nitro groups is 1.